The lowest BCUT2D eigenvalue weighted by molar-refractivity contribution is -0.133. The Hall–Kier alpha value is -2.66. The molecular formula is C23H27N3O2. The van der Waals surface area contributed by atoms with E-state index >= 15 is 0 Å². The molecule has 0 aromatic heterocycles. The second kappa shape index (κ2) is 7.76. The minimum atomic E-state index is -0.337. The first kappa shape index (κ1) is 18.7. The van der Waals surface area contributed by atoms with Crippen molar-refractivity contribution in [1.82, 2.24) is 9.80 Å². The molecule has 28 heavy (non-hydrogen) atoms. The highest BCUT2D eigenvalue weighted by Gasteiger charge is 2.34. The third-order valence-electron chi connectivity index (χ3n) is 6.11. The largest absolute Gasteiger partial charge is 0.369 e. The van der Waals surface area contributed by atoms with Crippen LogP contribution in [0.1, 0.15) is 36.9 Å². The lowest BCUT2D eigenvalue weighted by Gasteiger charge is -2.39. The molecular weight excluding hydrogens is 350 g/mol. The van der Waals surface area contributed by atoms with Crippen LogP contribution in [0.2, 0.25) is 0 Å². The fourth-order valence-corrected chi connectivity index (χ4v) is 4.39. The lowest BCUT2D eigenvalue weighted by Crippen LogP contribution is -2.49. The summed E-state index contributed by atoms with van der Waals surface area (Å²) in [4.78, 5) is 28.1. The first-order chi connectivity index (χ1) is 13.6. The molecule has 1 aliphatic heterocycles. The van der Waals surface area contributed by atoms with E-state index in [1.54, 1.807) is 6.92 Å². The Kier molecular flexibility index (Phi) is 5.18. The number of carbonyl (C=O) groups excluding carboxylic acids is 2. The highest BCUT2D eigenvalue weighted by Crippen LogP contribution is 2.46. The Morgan fingerprint density at radius 2 is 1.50 bits per heavy atom. The molecule has 0 saturated carbocycles. The summed E-state index contributed by atoms with van der Waals surface area (Å²) in [7, 11) is 0. The molecule has 0 spiro atoms. The number of benzene rings is 2. The van der Waals surface area contributed by atoms with Gasteiger partial charge in [0.05, 0.1) is 6.04 Å². The average molecular weight is 377 g/mol. The molecule has 0 bridgehead atoms. The summed E-state index contributed by atoms with van der Waals surface area (Å²) in [6.45, 7) is 4.94. The third-order valence-corrected chi connectivity index (χ3v) is 6.11. The average Bonchev–Trinajstić information content (AvgIpc) is 3.06. The van der Waals surface area contributed by atoms with E-state index in [1.807, 2.05) is 4.90 Å². The van der Waals surface area contributed by atoms with Gasteiger partial charge in [-0.3, -0.25) is 14.5 Å². The van der Waals surface area contributed by atoms with Crippen LogP contribution in [0.4, 0.5) is 0 Å². The van der Waals surface area contributed by atoms with Crippen molar-refractivity contribution in [2.24, 2.45) is 11.7 Å². The molecule has 2 aromatic rings. The van der Waals surface area contributed by atoms with Gasteiger partial charge in [-0.2, -0.15) is 0 Å². The number of fused-ring (bicyclic) bond motifs is 3. The van der Waals surface area contributed by atoms with E-state index in [0.29, 0.717) is 12.8 Å². The maximum atomic E-state index is 12.5. The quantitative estimate of drug-likeness (QED) is 0.871. The van der Waals surface area contributed by atoms with Gasteiger partial charge in [0, 0.05) is 38.5 Å². The van der Waals surface area contributed by atoms with Crippen molar-refractivity contribution in [3.05, 3.63) is 59.7 Å². The highest BCUT2D eigenvalue weighted by atomic mass is 16.2. The second-order valence-electron chi connectivity index (χ2n) is 7.84. The van der Waals surface area contributed by atoms with Crippen LogP contribution >= 0.6 is 0 Å². The number of rotatable bonds is 5. The minimum Gasteiger partial charge on any atom is -0.369 e. The van der Waals surface area contributed by atoms with E-state index in [-0.39, 0.29) is 23.8 Å². The van der Waals surface area contributed by atoms with Crippen LogP contribution in [-0.2, 0) is 9.59 Å². The Labute approximate surface area is 166 Å². The van der Waals surface area contributed by atoms with E-state index in [0.717, 1.165) is 26.2 Å². The Morgan fingerprint density at radius 3 is 2.04 bits per heavy atom. The van der Waals surface area contributed by atoms with E-state index in [1.165, 1.54) is 22.3 Å². The van der Waals surface area contributed by atoms with Gasteiger partial charge in [0.25, 0.3) is 0 Å². The van der Waals surface area contributed by atoms with Crippen molar-refractivity contribution in [2.45, 2.75) is 25.8 Å². The van der Waals surface area contributed by atoms with Crippen LogP contribution in [0.25, 0.3) is 11.1 Å². The molecule has 1 aliphatic carbocycles. The summed E-state index contributed by atoms with van der Waals surface area (Å²) >= 11 is 0. The van der Waals surface area contributed by atoms with Gasteiger partial charge in [0.15, 0.2) is 0 Å². The molecule has 1 saturated heterocycles. The Morgan fingerprint density at radius 1 is 0.964 bits per heavy atom. The number of hydrogen-bond donors (Lipinski definition) is 1. The predicted molar refractivity (Wildman–Crippen MR) is 109 cm³/mol. The fraction of sp³-hybridized carbons (Fsp3) is 0.391. The molecule has 5 nitrogen and oxygen atoms in total. The number of nitrogens with zero attached hydrogens (tertiary/aromatic N) is 2. The number of amides is 2. The van der Waals surface area contributed by atoms with Crippen LogP contribution in [0.5, 0.6) is 0 Å². The van der Waals surface area contributed by atoms with Crippen LogP contribution < -0.4 is 5.73 Å². The monoisotopic (exact) mass is 377 g/mol. The maximum absolute atomic E-state index is 12.5. The normalized spacial score (nSPS) is 17.8. The van der Waals surface area contributed by atoms with Crippen LogP contribution in [0, 0.1) is 5.92 Å². The van der Waals surface area contributed by atoms with Crippen molar-refractivity contribution < 1.29 is 9.59 Å². The van der Waals surface area contributed by atoms with Crippen molar-refractivity contribution >= 4 is 11.8 Å². The molecule has 1 heterocycles. The maximum Gasteiger partial charge on any atom is 0.222 e. The highest BCUT2D eigenvalue weighted by molar-refractivity contribution is 5.80. The molecule has 4 rings (SSSR count). The van der Waals surface area contributed by atoms with E-state index < -0.39 is 0 Å². The van der Waals surface area contributed by atoms with Crippen molar-refractivity contribution in [3.8, 4) is 11.1 Å². The molecule has 2 amide bonds. The number of hydrogen-bond acceptors (Lipinski definition) is 3. The van der Waals surface area contributed by atoms with E-state index in [4.69, 9.17) is 5.73 Å². The first-order valence-electron chi connectivity index (χ1n) is 10.1. The van der Waals surface area contributed by atoms with Gasteiger partial charge >= 0.3 is 0 Å². The molecule has 2 aliphatic rings. The summed E-state index contributed by atoms with van der Waals surface area (Å²) in [6.07, 6.45) is 0.914. The number of nitrogens with two attached hydrogens (primary N) is 1. The first-order valence-corrected chi connectivity index (χ1v) is 10.1. The van der Waals surface area contributed by atoms with Crippen molar-refractivity contribution in [1.29, 1.82) is 0 Å². The summed E-state index contributed by atoms with van der Waals surface area (Å²) in [6, 6.07) is 17.5. The lowest BCUT2D eigenvalue weighted by atomic mass is 10.0. The second-order valence-corrected chi connectivity index (χ2v) is 7.84. The van der Waals surface area contributed by atoms with Crippen LogP contribution in [0.15, 0.2) is 48.5 Å². The van der Waals surface area contributed by atoms with Crippen molar-refractivity contribution in [2.75, 3.05) is 26.2 Å². The SMILES string of the molecule is CC(CCC(=O)N1CCN(C2c3ccccc3-c3ccccc32)CC1)C(N)=O. The molecule has 5 heteroatoms. The molecule has 2 N–H and O–H groups in total. The van der Waals surface area contributed by atoms with Gasteiger partial charge in [-0.05, 0) is 28.7 Å². The van der Waals surface area contributed by atoms with Crippen LogP contribution in [0.3, 0.4) is 0 Å². The predicted octanol–water partition coefficient (Wildman–Crippen LogP) is 2.80. The van der Waals surface area contributed by atoms with E-state index in [2.05, 4.69) is 53.4 Å². The zero-order valence-electron chi connectivity index (χ0n) is 16.3. The minimum absolute atomic E-state index is 0.125. The van der Waals surface area contributed by atoms with Crippen LogP contribution in [-0.4, -0.2) is 47.8 Å². The van der Waals surface area contributed by atoms with Gasteiger partial charge in [-0.15, -0.1) is 0 Å². The Bertz CT molecular complexity index is 841. The fourth-order valence-electron chi connectivity index (χ4n) is 4.39. The smallest absolute Gasteiger partial charge is 0.222 e. The Balaban J connectivity index is 1.43. The number of piperazine rings is 1. The van der Waals surface area contributed by atoms with Gasteiger partial charge in [-0.25, -0.2) is 0 Å². The topological polar surface area (TPSA) is 66.6 Å². The summed E-state index contributed by atoms with van der Waals surface area (Å²) in [5.41, 5.74) is 10.7. The van der Waals surface area contributed by atoms with E-state index in [9.17, 15) is 9.59 Å². The molecule has 0 radical (unpaired) electrons. The molecule has 146 valence electrons. The summed E-state index contributed by atoms with van der Waals surface area (Å²) in [5, 5.41) is 0. The summed E-state index contributed by atoms with van der Waals surface area (Å²) in [5.74, 6) is -0.465. The molecule has 1 atom stereocenters. The molecule has 1 unspecified atom stereocenters. The third kappa shape index (κ3) is 3.42. The van der Waals surface area contributed by atoms with Gasteiger partial charge in [0.2, 0.25) is 11.8 Å². The van der Waals surface area contributed by atoms with Gasteiger partial charge < -0.3 is 10.6 Å². The standard InChI is InChI=1S/C23H27N3O2/c1-16(23(24)28)10-11-21(27)25-12-14-26(15-13-25)22-19-8-4-2-6-17(19)18-7-3-5-9-20(18)22/h2-9,16,22H,10-15H2,1H3,(H2,24,28). The van der Waals surface area contributed by atoms with Gasteiger partial charge in [-0.1, -0.05) is 55.5 Å². The van der Waals surface area contributed by atoms with Crippen molar-refractivity contribution in [3.63, 3.8) is 0 Å². The molecule has 2 aromatic carbocycles. The zero-order chi connectivity index (χ0) is 19.7. The molecule has 1 fully saturated rings. The van der Waals surface area contributed by atoms with Gasteiger partial charge in [0.1, 0.15) is 0 Å². The summed E-state index contributed by atoms with van der Waals surface area (Å²) < 4.78 is 0. The number of carbonyl (C=O) groups is 2. The number of primary amides is 1. The zero-order valence-corrected chi connectivity index (χ0v) is 16.3.